The molecule has 6 bridgehead atoms. The minimum atomic E-state index is -4.09. The maximum atomic E-state index is 7.85. The van der Waals surface area contributed by atoms with Crippen LogP contribution in [0.15, 0.2) is 103 Å². The Morgan fingerprint density at radius 2 is 0.836 bits per heavy atom. The van der Waals surface area contributed by atoms with E-state index in [1.165, 1.54) is 0 Å². The molecule has 4 aromatic carbocycles. The highest BCUT2D eigenvalue weighted by atomic mass is 28.5. The second kappa shape index (κ2) is 11.4. The van der Waals surface area contributed by atoms with Crippen LogP contribution < -0.4 is 11.0 Å². The predicted molar refractivity (Wildman–Crippen MR) is 229 cm³/mol. The summed E-state index contributed by atoms with van der Waals surface area (Å²) in [7, 11) is -9.11. The lowest BCUT2D eigenvalue weighted by atomic mass is 10.0. The van der Waals surface area contributed by atoms with Gasteiger partial charge in [-0.25, -0.2) is 30.0 Å². The van der Waals surface area contributed by atoms with Crippen LogP contribution in [0.2, 0.25) is 39.3 Å². The smallest absolute Gasteiger partial charge is 0.404 e. The lowest BCUT2D eigenvalue weighted by molar-refractivity contribution is 0.340. The van der Waals surface area contributed by atoms with Gasteiger partial charge in [-0.3, -0.25) is 8.47 Å². The lowest BCUT2D eigenvalue weighted by Crippen LogP contribution is -2.69. The molecule has 55 heavy (non-hydrogen) atoms. The zero-order chi connectivity index (χ0) is 38.3. The number of amidine groups is 4. The van der Waals surface area contributed by atoms with E-state index in [0.29, 0.717) is 46.0 Å². The van der Waals surface area contributed by atoms with Crippen LogP contribution in [-0.4, -0.2) is 57.3 Å². The summed E-state index contributed by atoms with van der Waals surface area (Å²) in [5.74, 6) is 3.76. The molecule has 10 rings (SSSR count). The van der Waals surface area contributed by atoms with Gasteiger partial charge in [0.05, 0.1) is 0 Å². The summed E-state index contributed by atoms with van der Waals surface area (Å²) >= 11 is 0. The Kier molecular flexibility index (Phi) is 7.13. The minimum absolute atomic E-state index is 0.596. The summed E-state index contributed by atoms with van der Waals surface area (Å²) in [5.41, 5.74) is 9.55. The molecule has 2 aromatic heterocycles. The van der Waals surface area contributed by atoms with E-state index in [4.69, 9.17) is 38.2 Å². The molecule has 4 aliphatic heterocycles. The number of nitrogens with zero attached hydrogens (tertiary/aromatic N) is 8. The predicted octanol–water partition coefficient (Wildman–Crippen LogP) is 8.31. The van der Waals surface area contributed by atoms with E-state index < -0.39 is 25.5 Å². The van der Waals surface area contributed by atoms with Crippen LogP contribution in [0.3, 0.4) is 0 Å². The van der Waals surface area contributed by atoms with Gasteiger partial charge in [0.2, 0.25) is 0 Å². The Labute approximate surface area is 322 Å². The molecule has 0 fully saturated rings. The van der Waals surface area contributed by atoms with Crippen molar-refractivity contribution in [3.05, 3.63) is 128 Å². The SMILES string of the molecule is Cc1ccc2c(c1)C1=NC2=Nc2c3cc(C)ccc3c3n2[Si](O[Si](C)(C)C)(O[Si](C)(C)C)n2c(c4ccc(C)cc4c2=NC2=NC(=N3)c3cc(C)ccc32)=N1. The Balaban J connectivity index is 1.56. The molecule has 0 unspecified atom stereocenters. The lowest BCUT2D eigenvalue weighted by Gasteiger charge is -2.41. The fourth-order valence-electron chi connectivity index (χ4n) is 8.10. The number of aryl methyl sites for hydroxylation is 4. The molecular weight excluding hydrogens is 733 g/mol. The van der Waals surface area contributed by atoms with Crippen LogP contribution >= 0.6 is 0 Å². The Morgan fingerprint density at radius 3 is 1.40 bits per heavy atom. The van der Waals surface area contributed by atoms with Gasteiger partial charge in [0.15, 0.2) is 40.0 Å². The van der Waals surface area contributed by atoms with Crippen molar-refractivity contribution in [2.24, 2.45) is 30.0 Å². The molecule has 0 saturated heterocycles. The van der Waals surface area contributed by atoms with E-state index in [1.54, 1.807) is 0 Å². The van der Waals surface area contributed by atoms with Gasteiger partial charge in [-0.15, -0.1) is 0 Å². The van der Waals surface area contributed by atoms with Crippen molar-refractivity contribution in [2.75, 3.05) is 0 Å². The summed E-state index contributed by atoms with van der Waals surface area (Å²) in [6, 6.07) is 25.7. The number of hydrogen-bond donors (Lipinski definition) is 0. The molecule has 6 aromatic rings. The fraction of sp³-hybridized carbons (Fsp3) is 0.238. The van der Waals surface area contributed by atoms with Gasteiger partial charge in [0, 0.05) is 43.8 Å². The van der Waals surface area contributed by atoms with Crippen LogP contribution in [0, 0.1) is 27.7 Å². The van der Waals surface area contributed by atoms with Gasteiger partial charge < -0.3 is 8.23 Å². The first kappa shape index (κ1) is 34.3. The second-order valence-corrected chi connectivity index (χ2v) is 29.2. The number of aliphatic imine (C=N–C) groups is 4. The Hall–Kier alpha value is -5.19. The van der Waals surface area contributed by atoms with Crippen LogP contribution in [0.25, 0.3) is 21.5 Å². The number of benzene rings is 4. The van der Waals surface area contributed by atoms with E-state index in [-0.39, 0.29) is 0 Å². The van der Waals surface area contributed by atoms with Crippen molar-refractivity contribution in [3.8, 4) is 0 Å². The highest BCUT2D eigenvalue weighted by molar-refractivity contribution is 6.87. The van der Waals surface area contributed by atoms with Gasteiger partial charge in [0.1, 0.15) is 22.6 Å². The van der Waals surface area contributed by atoms with Gasteiger partial charge in [-0.2, -0.15) is 0 Å². The van der Waals surface area contributed by atoms with Crippen molar-refractivity contribution in [1.29, 1.82) is 0 Å². The van der Waals surface area contributed by atoms with E-state index in [1.807, 2.05) is 0 Å². The van der Waals surface area contributed by atoms with Crippen LogP contribution in [0.1, 0.15) is 44.5 Å². The Bertz CT molecular complexity index is 2990. The molecule has 274 valence electrons. The normalized spacial score (nSPS) is 16.5. The number of fused-ring (bicyclic) bond motifs is 14. The van der Waals surface area contributed by atoms with E-state index in [0.717, 1.165) is 66.1 Å². The summed E-state index contributed by atoms with van der Waals surface area (Å²) in [5, 5.41) is 3.74. The van der Waals surface area contributed by atoms with Crippen LogP contribution in [0.5, 0.6) is 0 Å². The first-order valence-electron chi connectivity index (χ1n) is 18.8. The monoisotopic (exact) mass is 774 g/mol. The largest absolute Gasteiger partial charge is 0.582 e. The first-order valence-corrected chi connectivity index (χ1v) is 27.3. The average Bonchev–Trinajstić information content (AvgIpc) is 3.78. The molecule has 0 amide bonds. The highest BCUT2D eigenvalue weighted by Crippen LogP contribution is 2.45. The third kappa shape index (κ3) is 5.24. The standard InChI is InChI=1S/C42H42N8O2Si3/c1-23-11-15-27-31(19-23)37-43-35(27)45-41-34-22-26(4)14-18-30(34)40-48-38-32-20-24(2)12-16-28(32)36(44-38)46-42-33-21-25(3)13-17-29(33)39(47-37)49(42)55(50(40)41,51-53(5,6)7)52-54(8,9)10/h11-22H,1-10H3. The van der Waals surface area contributed by atoms with Crippen LogP contribution in [0.4, 0.5) is 11.6 Å². The van der Waals surface area contributed by atoms with Crippen molar-refractivity contribution in [2.45, 2.75) is 67.0 Å². The first-order chi connectivity index (χ1) is 26.1. The topological polar surface area (TPSA) is 102 Å². The summed E-state index contributed by atoms with van der Waals surface area (Å²) in [4.78, 5) is 32.8. The van der Waals surface area contributed by atoms with Crippen molar-refractivity contribution >= 4 is 82.0 Å². The molecule has 0 radical (unpaired) electrons. The van der Waals surface area contributed by atoms with Crippen LogP contribution in [-0.2, 0) is 8.23 Å². The van der Waals surface area contributed by atoms with Gasteiger partial charge in [0.25, 0.3) is 0 Å². The van der Waals surface area contributed by atoms with E-state index in [2.05, 4.69) is 148 Å². The number of aromatic nitrogens is 2. The number of rotatable bonds is 4. The summed E-state index contributed by atoms with van der Waals surface area (Å²) in [6.07, 6.45) is 0. The van der Waals surface area contributed by atoms with Crippen molar-refractivity contribution in [3.63, 3.8) is 0 Å². The van der Waals surface area contributed by atoms with Gasteiger partial charge in [-0.1, -0.05) is 70.8 Å². The van der Waals surface area contributed by atoms with Crippen molar-refractivity contribution < 1.29 is 8.23 Å². The second-order valence-electron chi connectivity index (χ2n) is 17.1. The molecule has 0 aliphatic carbocycles. The van der Waals surface area contributed by atoms with E-state index in [9.17, 15) is 0 Å². The quantitative estimate of drug-likeness (QED) is 0.168. The number of hydrogen-bond acceptors (Lipinski definition) is 8. The van der Waals surface area contributed by atoms with E-state index >= 15 is 0 Å². The molecule has 0 atom stereocenters. The summed E-state index contributed by atoms with van der Waals surface area (Å²) < 4.78 is 20.1. The third-order valence-electron chi connectivity index (χ3n) is 10.2. The Morgan fingerprint density at radius 1 is 0.418 bits per heavy atom. The fourth-order valence-corrected chi connectivity index (χ4v) is 18.4. The van der Waals surface area contributed by atoms with Crippen molar-refractivity contribution in [1.82, 2.24) is 8.47 Å². The molecular formula is C42H42N8O2Si3. The highest BCUT2D eigenvalue weighted by Gasteiger charge is 2.56. The zero-order valence-electron chi connectivity index (χ0n) is 32.8. The molecule has 0 N–H and O–H groups in total. The van der Waals surface area contributed by atoms with Gasteiger partial charge in [-0.05, 0) is 91.2 Å². The molecule has 4 aliphatic rings. The zero-order valence-corrected chi connectivity index (χ0v) is 35.8. The molecule has 0 spiro atoms. The molecule has 6 heterocycles. The van der Waals surface area contributed by atoms with Gasteiger partial charge >= 0.3 is 8.88 Å². The minimum Gasteiger partial charge on any atom is -0.404 e. The maximum Gasteiger partial charge on any atom is 0.582 e. The summed E-state index contributed by atoms with van der Waals surface area (Å²) in [6.45, 7) is 21.8. The average molecular weight is 775 g/mol. The third-order valence-corrected chi connectivity index (χ3v) is 19.2. The molecule has 10 nitrogen and oxygen atoms in total. The molecule has 13 heteroatoms. The maximum absolute atomic E-state index is 7.85. The molecule has 0 saturated carbocycles.